The molecule has 0 radical (unpaired) electrons. The number of nitrogens with two attached hydrogens (primary N) is 1. The molecule has 3 heteroatoms. The topological polar surface area (TPSA) is 49.5 Å². The van der Waals surface area contributed by atoms with Gasteiger partial charge in [0.05, 0.1) is 12.1 Å². The number of fused-ring (bicyclic) bond motifs is 1. The Morgan fingerprint density at radius 1 is 1.31 bits per heavy atom. The van der Waals surface area contributed by atoms with Crippen LogP contribution in [0.25, 0.3) is 0 Å². The Morgan fingerprint density at radius 2 is 2.08 bits per heavy atom. The van der Waals surface area contributed by atoms with Crippen LogP contribution in [0.15, 0.2) is 0 Å². The summed E-state index contributed by atoms with van der Waals surface area (Å²) in [7, 11) is 0. The average Bonchev–Trinajstić information content (AvgIpc) is 2.19. The minimum absolute atomic E-state index is 0.147. The van der Waals surface area contributed by atoms with E-state index in [0.717, 1.165) is 12.8 Å². The molecule has 2 aliphatic heterocycles. The van der Waals surface area contributed by atoms with E-state index in [4.69, 9.17) is 5.73 Å². The molecule has 2 rings (SSSR count). The van der Waals surface area contributed by atoms with Crippen molar-refractivity contribution >= 4 is 0 Å². The highest BCUT2D eigenvalue weighted by Gasteiger charge is 2.41. The van der Waals surface area contributed by atoms with Crippen molar-refractivity contribution in [1.29, 1.82) is 0 Å². The highest BCUT2D eigenvalue weighted by molar-refractivity contribution is 5.01. The number of piperidine rings is 2. The SMILES string of the molecule is NC1(CO)CCCN2CCCCC21. The molecule has 0 amide bonds. The third-order valence-corrected chi connectivity index (χ3v) is 3.66. The van der Waals surface area contributed by atoms with Crippen LogP contribution >= 0.6 is 0 Å². The van der Waals surface area contributed by atoms with Crippen LogP contribution in [0, 0.1) is 0 Å². The molecule has 13 heavy (non-hydrogen) atoms. The zero-order chi connectivity index (χ0) is 9.31. The number of aliphatic hydroxyl groups excluding tert-OH is 1. The molecule has 2 aliphatic rings. The molecule has 0 spiro atoms. The summed E-state index contributed by atoms with van der Waals surface area (Å²) in [4.78, 5) is 2.48. The summed E-state index contributed by atoms with van der Waals surface area (Å²) in [5.41, 5.74) is 5.91. The maximum atomic E-state index is 9.34. The van der Waals surface area contributed by atoms with E-state index in [-0.39, 0.29) is 12.1 Å². The molecule has 0 aliphatic carbocycles. The number of rotatable bonds is 1. The van der Waals surface area contributed by atoms with E-state index in [9.17, 15) is 5.11 Å². The van der Waals surface area contributed by atoms with Crippen LogP contribution in [-0.2, 0) is 0 Å². The Morgan fingerprint density at radius 3 is 2.85 bits per heavy atom. The molecule has 0 saturated carbocycles. The number of hydrogen-bond donors (Lipinski definition) is 2. The Labute approximate surface area is 79.9 Å². The quantitative estimate of drug-likeness (QED) is 0.617. The second-order valence-corrected chi connectivity index (χ2v) is 4.54. The second kappa shape index (κ2) is 3.56. The molecule has 2 fully saturated rings. The van der Waals surface area contributed by atoms with Crippen molar-refractivity contribution < 1.29 is 5.11 Å². The summed E-state index contributed by atoms with van der Waals surface area (Å²) in [5, 5.41) is 9.34. The van der Waals surface area contributed by atoms with Crippen LogP contribution in [0.3, 0.4) is 0 Å². The van der Waals surface area contributed by atoms with Gasteiger partial charge in [-0.1, -0.05) is 6.42 Å². The van der Waals surface area contributed by atoms with Gasteiger partial charge in [-0.15, -0.1) is 0 Å². The Balaban J connectivity index is 2.11. The number of nitrogens with zero attached hydrogens (tertiary/aromatic N) is 1. The largest absolute Gasteiger partial charge is 0.394 e. The normalized spacial score (nSPS) is 41.5. The van der Waals surface area contributed by atoms with Gasteiger partial charge in [-0.2, -0.15) is 0 Å². The Kier molecular flexibility index (Phi) is 2.58. The third kappa shape index (κ3) is 1.60. The van der Waals surface area contributed by atoms with E-state index in [0.29, 0.717) is 6.04 Å². The molecule has 76 valence electrons. The van der Waals surface area contributed by atoms with E-state index < -0.39 is 0 Å². The summed E-state index contributed by atoms with van der Waals surface area (Å²) < 4.78 is 0. The molecule has 2 saturated heterocycles. The van der Waals surface area contributed by atoms with Crippen molar-refractivity contribution in [3.63, 3.8) is 0 Å². The molecule has 0 aromatic rings. The lowest BCUT2D eigenvalue weighted by molar-refractivity contribution is 0.0105. The van der Waals surface area contributed by atoms with Crippen LogP contribution < -0.4 is 5.73 Å². The molecular formula is C10H20N2O. The van der Waals surface area contributed by atoms with Gasteiger partial charge < -0.3 is 10.8 Å². The van der Waals surface area contributed by atoms with Gasteiger partial charge >= 0.3 is 0 Å². The molecule has 0 aromatic heterocycles. The molecule has 0 aromatic carbocycles. The molecule has 2 atom stereocenters. The lowest BCUT2D eigenvalue weighted by Crippen LogP contribution is -2.65. The number of hydrogen-bond acceptors (Lipinski definition) is 3. The zero-order valence-corrected chi connectivity index (χ0v) is 8.21. The summed E-state index contributed by atoms with van der Waals surface area (Å²) in [5.74, 6) is 0. The lowest BCUT2D eigenvalue weighted by Gasteiger charge is -2.49. The predicted octanol–water partition coefficient (Wildman–Crippen LogP) is 0.324. The first kappa shape index (κ1) is 9.44. The summed E-state index contributed by atoms with van der Waals surface area (Å²) >= 11 is 0. The van der Waals surface area contributed by atoms with E-state index in [1.807, 2.05) is 0 Å². The fraction of sp³-hybridized carbons (Fsp3) is 1.00. The number of aliphatic hydroxyl groups is 1. The van der Waals surface area contributed by atoms with Crippen molar-refractivity contribution in [1.82, 2.24) is 4.90 Å². The highest BCUT2D eigenvalue weighted by atomic mass is 16.3. The fourth-order valence-corrected chi connectivity index (χ4v) is 2.87. The van der Waals surface area contributed by atoms with E-state index in [1.165, 1.54) is 32.4 Å². The van der Waals surface area contributed by atoms with E-state index in [2.05, 4.69) is 4.90 Å². The van der Waals surface area contributed by atoms with Gasteiger partial charge in [-0.25, -0.2) is 0 Å². The first-order valence-electron chi connectivity index (χ1n) is 5.40. The third-order valence-electron chi connectivity index (χ3n) is 3.66. The van der Waals surface area contributed by atoms with Crippen LogP contribution in [-0.4, -0.2) is 41.3 Å². The standard InChI is InChI=1S/C10H20N2O/c11-10(8-13)5-3-7-12-6-2-1-4-9(10)12/h9,13H,1-8,11H2. The minimum atomic E-state index is -0.307. The first-order valence-corrected chi connectivity index (χ1v) is 5.40. The van der Waals surface area contributed by atoms with Gasteiger partial charge in [0.2, 0.25) is 0 Å². The molecule has 3 nitrogen and oxygen atoms in total. The molecule has 0 bridgehead atoms. The minimum Gasteiger partial charge on any atom is -0.394 e. The Hall–Kier alpha value is -0.120. The molecular weight excluding hydrogens is 164 g/mol. The maximum Gasteiger partial charge on any atom is 0.0626 e. The van der Waals surface area contributed by atoms with Crippen LogP contribution in [0.2, 0.25) is 0 Å². The van der Waals surface area contributed by atoms with Crippen LogP contribution in [0.1, 0.15) is 32.1 Å². The van der Waals surface area contributed by atoms with E-state index in [1.54, 1.807) is 0 Å². The van der Waals surface area contributed by atoms with Crippen molar-refractivity contribution in [2.75, 3.05) is 19.7 Å². The monoisotopic (exact) mass is 184 g/mol. The van der Waals surface area contributed by atoms with E-state index >= 15 is 0 Å². The van der Waals surface area contributed by atoms with Gasteiger partial charge in [-0.05, 0) is 38.8 Å². The van der Waals surface area contributed by atoms with Gasteiger partial charge in [0.25, 0.3) is 0 Å². The summed E-state index contributed by atoms with van der Waals surface area (Å²) in [6.07, 6.45) is 5.90. The smallest absolute Gasteiger partial charge is 0.0626 e. The van der Waals surface area contributed by atoms with Crippen molar-refractivity contribution in [3.05, 3.63) is 0 Å². The summed E-state index contributed by atoms with van der Waals surface area (Å²) in [6.45, 7) is 2.52. The van der Waals surface area contributed by atoms with Gasteiger partial charge in [0, 0.05) is 6.04 Å². The van der Waals surface area contributed by atoms with Crippen molar-refractivity contribution in [2.45, 2.75) is 43.7 Å². The Bertz CT molecular complexity index is 184. The second-order valence-electron chi connectivity index (χ2n) is 4.54. The van der Waals surface area contributed by atoms with Crippen molar-refractivity contribution in [2.24, 2.45) is 5.73 Å². The van der Waals surface area contributed by atoms with Gasteiger partial charge in [0.1, 0.15) is 0 Å². The van der Waals surface area contributed by atoms with Crippen LogP contribution in [0.4, 0.5) is 0 Å². The molecule has 2 heterocycles. The lowest BCUT2D eigenvalue weighted by atomic mass is 9.78. The predicted molar refractivity (Wildman–Crippen MR) is 52.5 cm³/mol. The average molecular weight is 184 g/mol. The first-order chi connectivity index (χ1) is 6.26. The maximum absolute atomic E-state index is 9.34. The molecule has 3 N–H and O–H groups in total. The molecule has 2 unspecified atom stereocenters. The summed E-state index contributed by atoms with van der Waals surface area (Å²) in [6, 6.07) is 0.444. The van der Waals surface area contributed by atoms with Gasteiger partial charge in [0.15, 0.2) is 0 Å². The fourth-order valence-electron chi connectivity index (χ4n) is 2.87. The zero-order valence-electron chi connectivity index (χ0n) is 8.21. The highest BCUT2D eigenvalue weighted by Crippen LogP contribution is 2.31. The van der Waals surface area contributed by atoms with Gasteiger partial charge in [-0.3, -0.25) is 4.90 Å². The van der Waals surface area contributed by atoms with Crippen molar-refractivity contribution in [3.8, 4) is 0 Å². The van der Waals surface area contributed by atoms with Crippen LogP contribution in [0.5, 0.6) is 0 Å².